The Balaban J connectivity index is 2.22. The van der Waals surface area contributed by atoms with Crippen molar-refractivity contribution in [2.24, 2.45) is 0 Å². The van der Waals surface area contributed by atoms with Crippen LogP contribution in [0.4, 0.5) is 0 Å². The molecular formula is C15H22O4. The zero-order valence-electron chi connectivity index (χ0n) is 11.6. The van der Waals surface area contributed by atoms with Gasteiger partial charge in [0.15, 0.2) is 0 Å². The van der Waals surface area contributed by atoms with Gasteiger partial charge in [0.2, 0.25) is 0 Å². The molecule has 0 spiro atoms. The number of ether oxygens (including phenoxy) is 2. The SMILES string of the molecule is CCOC(=O)C[C@](C)(O)CCOCc1ccccc1. The van der Waals surface area contributed by atoms with E-state index in [0.717, 1.165) is 5.56 Å². The van der Waals surface area contributed by atoms with E-state index in [1.54, 1.807) is 13.8 Å². The average molecular weight is 266 g/mol. The standard InChI is InChI=1S/C15H22O4/c1-3-19-14(16)11-15(2,17)9-10-18-12-13-7-5-4-6-8-13/h4-8,17H,3,9-12H2,1-2H3/t15-/m1/s1. The maximum absolute atomic E-state index is 11.3. The summed E-state index contributed by atoms with van der Waals surface area (Å²) in [5, 5.41) is 10.0. The van der Waals surface area contributed by atoms with Crippen molar-refractivity contribution in [3.05, 3.63) is 35.9 Å². The lowest BCUT2D eigenvalue weighted by Gasteiger charge is -2.21. The maximum atomic E-state index is 11.3. The van der Waals surface area contributed by atoms with Gasteiger partial charge < -0.3 is 14.6 Å². The Hall–Kier alpha value is -1.39. The summed E-state index contributed by atoms with van der Waals surface area (Å²) in [4.78, 5) is 11.3. The van der Waals surface area contributed by atoms with Crippen LogP contribution in [0.1, 0.15) is 32.3 Å². The molecule has 0 saturated carbocycles. The van der Waals surface area contributed by atoms with E-state index >= 15 is 0 Å². The summed E-state index contributed by atoms with van der Waals surface area (Å²) in [7, 11) is 0. The molecule has 0 amide bonds. The third-order valence-electron chi connectivity index (χ3n) is 2.73. The molecule has 0 unspecified atom stereocenters. The van der Waals surface area contributed by atoms with Gasteiger partial charge in [0.05, 0.1) is 25.2 Å². The highest BCUT2D eigenvalue weighted by atomic mass is 16.5. The fraction of sp³-hybridized carbons (Fsp3) is 0.533. The summed E-state index contributed by atoms with van der Waals surface area (Å²) in [6, 6.07) is 9.83. The van der Waals surface area contributed by atoms with E-state index in [1.807, 2.05) is 30.3 Å². The summed E-state index contributed by atoms with van der Waals surface area (Å²) < 4.78 is 10.3. The van der Waals surface area contributed by atoms with Crippen molar-refractivity contribution in [3.8, 4) is 0 Å². The van der Waals surface area contributed by atoms with Crippen molar-refractivity contribution in [1.82, 2.24) is 0 Å². The van der Waals surface area contributed by atoms with Gasteiger partial charge in [-0.25, -0.2) is 0 Å². The third-order valence-corrected chi connectivity index (χ3v) is 2.73. The number of benzene rings is 1. The van der Waals surface area contributed by atoms with Crippen LogP contribution in [0.15, 0.2) is 30.3 Å². The van der Waals surface area contributed by atoms with E-state index in [2.05, 4.69) is 0 Å². The minimum atomic E-state index is -1.08. The lowest BCUT2D eigenvalue weighted by Crippen LogP contribution is -2.30. The van der Waals surface area contributed by atoms with Gasteiger partial charge in [-0.1, -0.05) is 30.3 Å². The van der Waals surface area contributed by atoms with Crippen LogP contribution >= 0.6 is 0 Å². The highest BCUT2D eigenvalue weighted by Gasteiger charge is 2.24. The predicted molar refractivity (Wildman–Crippen MR) is 72.6 cm³/mol. The van der Waals surface area contributed by atoms with Crippen LogP contribution in [0.5, 0.6) is 0 Å². The highest BCUT2D eigenvalue weighted by Crippen LogP contribution is 2.15. The van der Waals surface area contributed by atoms with Crippen molar-refractivity contribution in [2.75, 3.05) is 13.2 Å². The minimum absolute atomic E-state index is 0.00443. The topological polar surface area (TPSA) is 55.8 Å². The molecule has 4 nitrogen and oxygen atoms in total. The fourth-order valence-corrected chi connectivity index (χ4v) is 1.67. The Labute approximate surface area is 114 Å². The molecule has 0 saturated heterocycles. The Kier molecular flexibility index (Phi) is 6.53. The minimum Gasteiger partial charge on any atom is -0.466 e. The molecule has 0 aliphatic carbocycles. The number of hydrogen-bond acceptors (Lipinski definition) is 4. The van der Waals surface area contributed by atoms with Gasteiger partial charge in [0, 0.05) is 6.61 Å². The fourth-order valence-electron chi connectivity index (χ4n) is 1.67. The summed E-state index contributed by atoms with van der Waals surface area (Å²) in [6.07, 6.45) is 0.397. The van der Waals surface area contributed by atoms with Crippen molar-refractivity contribution in [3.63, 3.8) is 0 Å². The molecule has 0 radical (unpaired) electrons. The van der Waals surface area contributed by atoms with Gasteiger partial charge in [-0.15, -0.1) is 0 Å². The van der Waals surface area contributed by atoms with Crippen molar-refractivity contribution >= 4 is 5.97 Å². The molecular weight excluding hydrogens is 244 g/mol. The highest BCUT2D eigenvalue weighted by molar-refractivity contribution is 5.70. The van der Waals surface area contributed by atoms with Crippen LogP contribution in [-0.4, -0.2) is 29.9 Å². The molecule has 0 aromatic heterocycles. The number of rotatable bonds is 8. The molecule has 0 aliphatic rings. The third kappa shape index (κ3) is 6.94. The Morgan fingerprint density at radius 3 is 2.63 bits per heavy atom. The molecule has 1 N–H and O–H groups in total. The number of esters is 1. The second-order valence-electron chi connectivity index (χ2n) is 4.77. The van der Waals surface area contributed by atoms with E-state index in [0.29, 0.717) is 26.2 Å². The first kappa shape index (κ1) is 15.7. The van der Waals surface area contributed by atoms with Crippen molar-refractivity contribution in [1.29, 1.82) is 0 Å². The number of aliphatic hydroxyl groups is 1. The van der Waals surface area contributed by atoms with Crippen LogP contribution in [0.25, 0.3) is 0 Å². The normalized spacial score (nSPS) is 13.8. The summed E-state index contributed by atoms with van der Waals surface area (Å²) in [6.45, 7) is 4.61. The van der Waals surface area contributed by atoms with Crippen molar-refractivity contribution in [2.45, 2.75) is 38.9 Å². The van der Waals surface area contributed by atoms with Gasteiger partial charge in [0.1, 0.15) is 0 Å². The lowest BCUT2D eigenvalue weighted by atomic mass is 9.99. The summed E-state index contributed by atoms with van der Waals surface area (Å²) in [5.41, 5.74) is 0.00990. The van der Waals surface area contributed by atoms with Gasteiger partial charge in [-0.2, -0.15) is 0 Å². The van der Waals surface area contributed by atoms with Gasteiger partial charge >= 0.3 is 5.97 Å². The first-order valence-corrected chi connectivity index (χ1v) is 6.53. The van der Waals surface area contributed by atoms with Crippen LogP contribution in [0.2, 0.25) is 0 Å². The Bertz CT molecular complexity index is 373. The maximum Gasteiger partial charge on any atom is 0.308 e. The molecule has 1 rings (SSSR count). The number of hydrogen-bond donors (Lipinski definition) is 1. The molecule has 106 valence electrons. The first-order chi connectivity index (χ1) is 9.03. The van der Waals surface area contributed by atoms with E-state index in [-0.39, 0.29) is 12.4 Å². The van der Waals surface area contributed by atoms with Gasteiger partial charge in [-0.05, 0) is 25.8 Å². The van der Waals surface area contributed by atoms with E-state index in [9.17, 15) is 9.90 Å². The largest absolute Gasteiger partial charge is 0.466 e. The zero-order valence-corrected chi connectivity index (χ0v) is 11.6. The molecule has 0 bridgehead atoms. The summed E-state index contributed by atoms with van der Waals surface area (Å²) >= 11 is 0. The van der Waals surface area contributed by atoms with E-state index in [4.69, 9.17) is 9.47 Å². The second-order valence-corrected chi connectivity index (χ2v) is 4.77. The quantitative estimate of drug-likeness (QED) is 0.579. The van der Waals surface area contributed by atoms with Crippen LogP contribution in [0.3, 0.4) is 0 Å². The smallest absolute Gasteiger partial charge is 0.308 e. The first-order valence-electron chi connectivity index (χ1n) is 6.53. The van der Waals surface area contributed by atoms with Crippen LogP contribution < -0.4 is 0 Å². The molecule has 19 heavy (non-hydrogen) atoms. The lowest BCUT2D eigenvalue weighted by molar-refractivity contribution is -0.148. The Morgan fingerprint density at radius 2 is 2.00 bits per heavy atom. The van der Waals surface area contributed by atoms with E-state index in [1.165, 1.54) is 0 Å². The second kappa shape index (κ2) is 7.92. The van der Waals surface area contributed by atoms with E-state index < -0.39 is 5.60 Å². The molecule has 1 aromatic rings. The average Bonchev–Trinajstić information content (AvgIpc) is 2.35. The molecule has 4 heteroatoms. The molecule has 0 fully saturated rings. The zero-order chi connectivity index (χ0) is 14.1. The monoisotopic (exact) mass is 266 g/mol. The van der Waals surface area contributed by atoms with Gasteiger partial charge in [0.25, 0.3) is 0 Å². The molecule has 0 heterocycles. The van der Waals surface area contributed by atoms with Crippen LogP contribution in [0, 0.1) is 0 Å². The van der Waals surface area contributed by atoms with Crippen LogP contribution in [-0.2, 0) is 20.9 Å². The molecule has 1 atom stereocenters. The Morgan fingerprint density at radius 1 is 1.32 bits per heavy atom. The number of carbonyl (C=O) groups is 1. The molecule has 0 aliphatic heterocycles. The summed E-state index contributed by atoms with van der Waals surface area (Å²) in [5.74, 6) is -0.379. The van der Waals surface area contributed by atoms with Gasteiger partial charge in [-0.3, -0.25) is 4.79 Å². The number of carbonyl (C=O) groups excluding carboxylic acids is 1. The predicted octanol–water partition coefficient (Wildman–Crippen LogP) is 2.30. The van der Waals surface area contributed by atoms with Crippen molar-refractivity contribution < 1.29 is 19.4 Å². The molecule has 1 aromatic carbocycles.